The van der Waals surface area contributed by atoms with Gasteiger partial charge in [-0.2, -0.15) is 5.26 Å². The molecule has 0 aliphatic heterocycles. The van der Waals surface area contributed by atoms with Gasteiger partial charge in [-0.15, -0.1) is 0 Å². The van der Waals surface area contributed by atoms with E-state index in [0.29, 0.717) is 12.5 Å². The predicted octanol–water partition coefficient (Wildman–Crippen LogP) is -0.128. The summed E-state index contributed by atoms with van der Waals surface area (Å²) in [4.78, 5) is 10.9. The molecule has 0 aliphatic rings. The number of nitrogens with zero attached hydrogens (tertiary/aromatic N) is 1. The molecule has 12 heavy (non-hydrogen) atoms. The molecule has 4 heteroatoms. The Morgan fingerprint density at radius 2 is 2.25 bits per heavy atom. The summed E-state index contributed by atoms with van der Waals surface area (Å²) in [7, 11) is 0. The molecule has 0 saturated heterocycles. The quantitative estimate of drug-likeness (QED) is 0.563. The van der Waals surface area contributed by atoms with E-state index in [-0.39, 0.29) is 12.5 Å². The van der Waals surface area contributed by atoms with Crippen molar-refractivity contribution < 1.29 is 4.79 Å². The zero-order valence-corrected chi connectivity index (χ0v) is 7.55. The number of rotatable bonds is 5. The number of amides is 1. The van der Waals surface area contributed by atoms with Crippen LogP contribution in [0.15, 0.2) is 0 Å². The van der Waals surface area contributed by atoms with Gasteiger partial charge in [0.15, 0.2) is 0 Å². The van der Waals surface area contributed by atoms with Gasteiger partial charge in [0.25, 0.3) is 0 Å². The molecule has 4 nitrogen and oxygen atoms in total. The summed E-state index contributed by atoms with van der Waals surface area (Å²) >= 11 is 0. The molecule has 0 spiro atoms. The van der Waals surface area contributed by atoms with Crippen LogP contribution in [0.1, 0.15) is 13.8 Å². The maximum absolute atomic E-state index is 10.9. The lowest BCUT2D eigenvalue weighted by Gasteiger charge is -2.05. The lowest BCUT2D eigenvalue weighted by atomic mass is 10.2. The van der Waals surface area contributed by atoms with Crippen molar-refractivity contribution in [3.05, 3.63) is 0 Å². The highest BCUT2D eigenvalue weighted by molar-refractivity contribution is 5.78. The number of carbonyl (C=O) groups excluding carboxylic acids is 1. The molecule has 0 bridgehead atoms. The molecule has 0 aliphatic carbocycles. The zero-order valence-electron chi connectivity index (χ0n) is 7.55. The van der Waals surface area contributed by atoms with Gasteiger partial charge in [0, 0.05) is 0 Å². The van der Waals surface area contributed by atoms with Crippen LogP contribution in [-0.4, -0.2) is 25.5 Å². The third kappa shape index (κ3) is 7.03. The Balaban J connectivity index is 3.27. The van der Waals surface area contributed by atoms with E-state index >= 15 is 0 Å². The van der Waals surface area contributed by atoms with Gasteiger partial charge in [0.1, 0.15) is 6.54 Å². The minimum atomic E-state index is -0.128. The van der Waals surface area contributed by atoms with E-state index in [4.69, 9.17) is 5.26 Å². The standard InChI is InChI=1S/C8H15N3O/c1-7(2)5-10-6-8(12)11-4-3-9/h7,10H,4-6H2,1-2H3,(H,11,12). The minimum Gasteiger partial charge on any atom is -0.342 e. The molecule has 0 radical (unpaired) electrons. The van der Waals surface area contributed by atoms with E-state index in [9.17, 15) is 4.79 Å². The lowest BCUT2D eigenvalue weighted by Crippen LogP contribution is -2.35. The first-order valence-electron chi connectivity index (χ1n) is 4.01. The van der Waals surface area contributed by atoms with Gasteiger partial charge in [-0.05, 0) is 12.5 Å². The average molecular weight is 169 g/mol. The highest BCUT2D eigenvalue weighted by atomic mass is 16.1. The molecule has 0 heterocycles. The molecular weight excluding hydrogens is 154 g/mol. The molecule has 1 amide bonds. The highest BCUT2D eigenvalue weighted by Gasteiger charge is 1.99. The molecule has 2 N–H and O–H groups in total. The Morgan fingerprint density at radius 1 is 1.58 bits per heavy atom. The average Bonchev–Trinajstić information content (AvgIpc) is 2.00. The maximum atomic E-state index is 10.9. The van der Waals surface area contributed by atoms with Gasteiger partial charge in [-0.3, -0.25) is 4.79 Å². The predicted molar refractivity (Wildman–Crippen MR) is 46.3 cm³/mol. The normalized spacial score (nSPS) is 9.50. The number of nitriles is 1. The molecule has 0 unspecified atom stereocenters. The Kier molecular flexibility index (Phi) is 6.02. The van der Waals surface area contributed by atoms with Crippen LogP contribution >= 0.6 is 0 Å². The van der Waals surface area contributed by atoms with Crippen LogP contribution in [0.4, 0.5) is 0 Å². The first-order valence-corrected chi connectivity index (χ1v) is 4.01. The second kappa shape index (κ2) is 6.62. The number of hydrogen-bond donors (Lipinski definition) is 2. The summed E-state index contributed by atoms with van der Waals surface area (Å²) in [6.45, 7) is 5.34. The molecular formula is C8H15N3O. The Labute approximate surface area is 72.9 Å². The third-order valence-corrected chi connectivity index (χ3v) is 1.20. The van der Waals surface area contributed by atoms with Crippen molar-refractivity contribution in [1.29, 1.82) is 5.26 Å². The fourth-order valence-corrected chi connectivity index (χ4v) is 0.675. The van der Waals surface area contributed by atoms with E-state index in [1.807, 2.05) is 6.07 Å². The molecule has 0 aromatic carbocycles. The smallest absolute Gasteiger partial charge is 0.234 e. The molecule has 0 aromatic heterocycles. The van der Waals surface area contributed by atoms with Gasteiger partial charge in [0.05, 0.1) is 12.6 Å². The van der Waals surface area contributed by atoms with Crippen molar-refractivity contribution in [2.24, 2.45) is 5.92 Å². The zero-order chi connectivity index (χ0) is 9.40. The van der Waals surface area contributed by atoms with Gasteiger partial charge >= 0.3 is 0 Å². The highest BCUT2D eigenvalue weighted by Crippen LogP contribution is 1.85. The first-order chi connectivity index (χ1) is 5.66. The van der Waals surface area contributed by atoms with Crippen molar-refractivity contribution in [2.75, 3.05) is 19.6 Å². The molecule has 0 fully saturated rings. The van der Waals surface area contributed by atoms with Crippen molar-refractivity contribution in [3.63, 3.8) is 0 Å². The number of nitrogens with one attached hydrogen (secondary N) is 2. The van der Waals surface area contributed by atoms with Crippen LogP contribution in [0.5, 0.6) is 0 Å². The van der Waals surface area contributed by atoms with Gasteiger partial charge in [0.2, 0.25) is 5.91 Å². The topological polar surface area (TPSA) is 64.9 Å². The summed E-state index contributed by atoms with van der Waals surface area (Å²) in [5, 5.41) is 13.6. The van der Waals surface area contributed by atoms with E-state index in [2.05, 4.69) is 24.5 Å². The maximum Gasteiger partial charge on any atom is 0.234 e. The van der Waals surface area contributed by atoms with Crippen LogP contribution in [0.3, 0.4) is 0 Å². The van der Waals surface area contributed by atoms with E-state index < -0.39 is 0 Å². The van der Waals surface area contributed by atoms with Crippen LogP contribution in [-0.2, 0) is 4.79 Å². The summed E-state index contributed by atoms with van der Waals surface area (Å²) in [6.07, 6.45) is 0. The molecule has 0 aromatic rings. The second-order valence-corrected chi connectivity index (χ2v) is 2.96. The van der Waals surface area contributed by atoms with Crippen LogP contribution in [0.2, 0.25) is 0 Å². The number of carbonyl (C=O) groups is 1. The summed E-state index contributed by atoms with van der Waals surface area (Å²) in [6, 6.07) is 1.84. The summed E-state index contributed by atoms with van der Waals surface area (Å²) < 4.78 is 0. The van der Waals surface area contributed by atoms with Gasteiger partial charge < -0.3 is 10.6 Å². The Morgan fingerprint density at radius 3 is 2.75 bits per heavy atom. The van der Waals surface area contributed by atoms with Crippen molar-refractivity contribution in [3.8, 4) is 6.07 Å². The van der Waals surface area contributed by atoms with Crippen molar-refractivity contribution in [2.45, 2.75) is 13.8 Å². The fourth-order valence-electron chi connectivity index (χ4n) is 0.675. The van der Waals surface area contributed by atoms with Crippen molar-refractivity contribution in [1.82, 2.24) is 10.6 Å². The Hall–Kier alpha value is -1.08. The Bertz CT molecular complexity index is 172. The van der Waals surface area contributed by atoms with E-state index in [0.717, 1.165) is 6.54 Å². The fraction of sp³-hybridized carbons (Fsp3) is 0.750. The van der Waals surface area contributed by atoms with E-state index in [1.54, 1.807) is 0 Å². The van der Waals surface area contributed by atoms with Crippen LogP contribution < -0.4 is 10.6 Å². The first kappa shape index (κ1) is 10.9. The monoisotopic (exact) mass is 169 g/mol. The number of hydrogen-bond acceptors (Lipinski definition) is 3. The second-order valence-electron chi connectivity index (χ2n) is 2.96. The SMILES string of the molecule is CC(C)CNCC(=O)NCC#N. The molecule has 0 atom stereocenters. The van der Waals surface area contributed by atoms with Gasteiger partial charge in [-0.1, -0.05) is 13.8 Å². The minimum absolute atomic E-state index is 0.0855. The van der Waals surface area contributed by atoms with Crippen LogP contribution in [0, 0.1) is 17.2 Å². The van der Waals surface area contributed by atoms with E-state index in [1.165, 1.54) is 0 Å². The third-order valence-electron chi connectivity index (χ3n) is 1.20. The molecule has 0 rings (SSSR count). The molecule has 0 saturated carbocycles. The summed E-state index contributed by atoms with van der Waals surface area (Å²) in [5.41, 5.74) is 0. The molecule has 68 valence electrons. The lowest BCUT2D eigenvalue weighted by molar-refractivity contribution is -0.120. The largest absolute Gasteiger partial charge is 0.342 e. The van der Waals surface area contributed by atoms with Crippen molar-refractivity contribution >= 4 is 5.91 Å². The van der Waals surface area contributed by atoms with Crippen LogP contribution in [0.25, 0.3) is 0 Å². The van der Waals surface area contributed by atoms with Gasteiger partial charge in [-0.25, -0.2) is 0 Å². The summed E-state index contributed by atoms with van der Waals surface area (Å²) in [5.74, 6) is 0.408.